The number of aromatic nitrogens is 3. The quantitative estimate of drug-likeness (QED) is 0.815. The zero-order valence-electron chi connectivity index (χ0n) is 15.3. The van der Waals surface area contributed by atoms with Crippen molar-refractivity contribution in [2.45, 2.75) is 58.7 Å². The maximum atomic E-state index is 5.87. The Kier molecular flexibility index (Phi) is 5.20. The lowest BCUT2D eigenvalue weighted by Crippen LogP contribution is -2.34. The lowest BCUT2D eigenvalue weighted by atomic mass is 9.96. The van der Waals surface area contributed by atoms with Crippen LogP contribution in [0.5, 0.6) is 0 Å². The SMILES string of the molecule is Cc1ncsc1CN1CCC(Cn2c(C)cnc2C2CCCO2)CC1. The van der Waals surface area contributed by atoms with Gasteiger partial charge in [0.1, 0.15) is 11.9 Å². The highest BCUT2D eigenvalue weighted by atomic mass is 32.1. The van der Waals surface area contributed by atoms with Crippen LogP contribution in [0.15, 0.2) is 11.7 Å². The van der Waals surface area contributed by atoms with E-state index in [1.165, 1.54) is 42.2 Å². The fourth-order valence-electron chi connectivity index (χ4n) is 4.02. The molecule has 2 saturated heterocycles. The largest absolute Gasteiger partial charge is 0.370 e. The number of aryl methyl sites for hydroxylation is 2. The van der Waals surface area contributed by atoms with Gasteiger partial charge < -0.3 is 9.30 Å². The third-order valence-electron chi connectivity index (χ3n) is 5.66. The van der Waals surface area contributed by atoms with Crippen LogP contribution >= 0.6 is 11.3 Å². The highest BCUT2D eigenvalue weighted by molar-refractivity contribution is 7.09. The van der Waals surface area contributed by atoms with E-state index in [2.05, 4.69) is 33.3 Å². The maximum absolute atomic E-state index is 5.87. The number of likely N-dealkylation sites (tertiary alicyclic amines) is 1. The van der Waals surface area contributed by atoms with Crippen molar-refractivity contribution < 1.29 is 4.74 Å². The van der Waals surface area contributed by atoms with Gasteiger partial charge in [0.05, 0.1) is 11.2 Å². The molecule has 2 fully saturated rings. The molecule has 0 spiro atoms. The summed E-state index contributed by atoms with van der Waals surface area (Å²) in [6, 6.07) is 0. The van der Waals surface area contributed by atoms with Crippen molar-refractivity contribution in [1.82, 2.24) is 19.4 Å². The molecule has 2 aromatic heterocycles. The van der Waals surface area contributed by atoms with E-state index in [0.29, 0.717) is 0 Å². The van der Waals surface area contributed by atoms with Crippen molar-refractivity contribution in [2.75, 3.05) is 19.7 Å². The number of piperidine rings is 1. The minimum atomic E-state index is 0.211. The van der Waals surface area contributed by atoms with Crippen LogP contribution < -0.4 is 0 Å². The smallest absolute Gasteiger partial charge is 0.138 e. The predicted molar refractivity (Wildman–Crippen MR) is 99.7 cm³/mol. The van der Waals surface area contributed by atoms with Crippen molar-refractivity contribution in [3.8, 4) is 0 Å². The van der Waals surface area contributed by atoms with Crippen LogP contribution in [0.2, 0.25) is 0 Å². The molecule has 0 aromatic carbocycles. The van der Waals surface area contributed by atoms with Crippen LogP contribution in [0.3, 0.4) is 0 Å². The Balaban J connectivity index is 1.34. The fourth-order valence-corrected chi connectivity index (χ4v) is 4.84. The minimum absolute atomic E-state index is 0.211. The number of rotatable bonds is 5. The van der Waals surface area contributed by atoms with E-state index in [4.69, 9.17) is 4.74 Å². The van der Waals surface area contributed by atoms with Gasteiger partial charge >= 0.3 is 0 Å². The number of thiazole rings is 1. The average Bonchev–Trinajstić information content (AvgIpc) is 3.34. The highest BCUT2D eigenvalue weighted by Gasteiger charge is 2.26. The summed E-state index contributed by atoms with van der Waals surface area (Å²) in [5.41, 5.74) is 4.43. The van der Waals surface area contributed by atoms with Gasteiger partial charge in [-0.3, -0.25) is 4.90 Å². The molecule has 4 rings (SSSR count). The van der Waals surface area contributed by atoms with Gasteiger partial charge in [-0.25, -0.2) is 9.97 Å². The lowest BCUT2D eigenvalue weighted by molar-refractivity contribution is 0.0989. The lowest BCUT2D eigenvalue weighted by Gasteiger charge is -2.32. The molecule has 0 radical (unpaired) electrons. The molecular formula is C19H28N4OS. The molecule has 6 heteroatoms. The van der Waals surface area contributed by atoms with Crippen molar-refractivity contribution in [1.29, 1.82) is 0 Å². The molecule has 25 heavy (non-hydrogen) atoms. The maximum Gasteiger partial charge on any atom is 0.138 e. The first-order valence-electron chi connectivity index (χ1n) is 9.45. The molecule has 2 aliphatic heterocycles. The van der Waals surface area contributed by atoms with Gasteiger partial charge in [0.2, 0.25) is 0 Å². The zero-order chi connectivity index (χ0) is 17.2. The second-order valence-corrected chi connectivity index (χ2v) is 8.39. The molecule has 4 heterocycles. The van der Waals surface area contributed by atoms with Crippen LogP contribution in [0.25, 0.3) is 0 Å². The van der Waals surface area contributed by atoms with Crippen molar-refractivity contribution in [3.05, 3.63) is 33.8 Å². The van der Waals surface area contributed by atoms with E-state index in [9.17, 15) is 0 Å². The molecule has 1 unspecified atom stereocenters. The van der Waals surface area contributed by atoms with E-state index >= 15 is 0 Å². The molecular weight excluding hydrogens is 332 g/mol. The topological polar surface area (TPSA) is 43.2 Å². The number of imidazole rings is 1. The highest BCUT2D eigenvalue weighted by Crippen LogP contribution is 2.30. The first-order valence-corrected chi connectivity index (χ1v) is 10.3. The van der Waals surface area contributed by atoms with Gasteiger partial charge in [0.25, 0.3) is 0 Å². The van der Waals surface area contributed by atoms with E-state index in [-0.39, 0.29) is 6.10 Å². The van der Waals surface area contributed by atoms with Gasteiger partial charge in [-0.15, -0.1) is 11.3 Å². The summed E-state index contributed by atoms with van der Waals surface area (Å²) >= 11 is 1.79. The van der Waals surface area contributed by atoms with Crippen molar-refractivity contribution >= 4 is 11.3 Å². The first kappa shape index (κ1) is 17.2. The van der Waals surface area contributed by atoms with Gasteiger partial charge in [-0.1, -0.05) is 0 Å². The number of nitrogens with zero attached hydrogens (tertiary/aromatic N) is 4. The summed E-state index contributed by atoms with van der Waals surface area (Å²) in [5, 5.41) is 0. The van der Waals surface area contributed by atoms with E-state index in [0.717, 1.165) is 44.3 Å². The number of hydrogen-bond acceptors (Lipinski definition) is 5. The summed E-state index contributed by atoms with van der Waals surface area (Å²) in [6.07, 6.45) is 7.03. The van der Waals surface area contributed by atoms with Crippen LogP contribution in [0.1, 0.15) is 53.9 Å². The minimum Gasteiger partial charge on any atom is -0.370 e. The summed E-state index contributed by atoms with van der Waals surface area (Å²) in [4.78, 5) is 13.0. The molecule has 136 valence electrons. The number of hydrogen-bond donors (Lipinski definition) is 0. The van der Waals surface area contributed by atoms with E-state index < -0.39 is 0 Å². The van der Waals surface area contributed by atoms with Crippen LogP contribution in [-0.2, 0) is 17.8 Å². The summed E-state index contributed by atoms with van der Waals surface area (Å²) in [6.45, 7) is 9.70. The third kappa shape index (κ3) is 3.81. The summed E-state index contributed by atoms with van der Waals surface area (Å²) in [5.74, 6) is 1.89. The molecule has 0 bridgehead atoms. The second kappa shape index (κ2) is 7.56. The Labute approximate surface area is 154 Å². The Bertz CT molecular complexity index is 696. The molecule has 0 amide bonds. The molecule has 2 aliphatic rings. The predicted octanol–water partition coefficient (Wildman–Crippen LogP) is 3.72. The van der Waals surface area contributed by atoms with Crippen molar-refractivity contribution in [3.63, 3.8) is 0 Å². The normalized spacial score (nSPS) is 22.7. The van der Waals surface area contributed by atoms with E-state index in [1.54, 1.807) is 11.3 Å². The van der Waals surface area contributed by atoms with Gasteiger partial charge in [0.15, 0.2) is 0 Å². The van der Waals surface area contributed by atoms with Crippen LogP contribution in [0, 0.1) is 19.8 Å². The van der Waals surface area contributed by atoms with Crippen LogP contribution in [0.4, 0.5) is 0 Å². The van der Waals surface area contributed by atoms with Crippen LogP contribution in [-0.4, -0.2) is 39.1 Å². The monoisotopic (exact) mass is 360 g/mol. The molecule has 0 N–H and O–H groups in total. The third-order valence-corrected chi connectivity index (χ3v) is 6.58. The average molecular weight is 361 g/mol. The van der Waals surface area contributed by atoms with E-state index in [1.807, 2.05) is 11.7 Å². The van der Waals surface area contributed by atoms with Gasteiger partial charge in [-0.2, -0.15) is 0 Å². The Morgan fingerprint density at radius 2 is 2.04 bits per heavy atom. The first-order chi connectivity index (χ1) is 12.2. The molecule has 1 atom stereocenters. The Morgan fingerprint density at radius 3 is 2.72 bits per heavy atom. The molecule has 0 saturated carbocycles. The zero-order valence-corrected chi connectivity index (χ0v) is 16.1. The van der Waals surface area contributed by atoms with Crippen molar-refractivity contribution in [2.24, 2.45) is 5.92 Å². The Morgan fingerprint density at radius 1 is 1.20 bits per heavy atom. The Hall–Kier alpha value is -1.24. The molecule has 5 nitrogen and oxygen atoms in total. The van der Waals surface area contributed by atoms with Gasteiger partial charge in [-0.05, 0) is 58.5 Å². The van der Waals surface area contributed by atoms with Gasteiger partial charge in [0, 0.05) is 36.5 Å². The summed E-state index contributed by atoms with van der Waals surface area (Å²) < 4.78 is 8.29. The molecule has 2 aromatic rings. The molecule has 0 aliphatic carbocycles. The second-order valence-electron chi connectivity index (χ2n) is 7.45. The fraction of sp³-hybridized carbons (Fsp3) is 0.684. The standard InChI is InChI=1S/C19H28N4OS/c1-14-10-20-19(17-4-3-9-24-17)23(14)11-16-5-7-22(8-6-16)12-18-15(2)21-13-25-18/h10,13,16-17H,3-9,11-12H2,1-2H3. The summed E-state index contributed by atoms with van der Waals surface area (Å²) in [7, 11) is 0. The number of ether oxygens (including phenoxy) is 1.